The third-order valence-electron chi connectivity index (χ3n) is 5.12. The number of hydrogen-bond donors (Lipinski definition) is 2. The molecule has 3 amide bonds. The molecule has 0 bridgehead atoms. The maximum absolute atomic E-state index is 12.6. The summed E-state index contributed by atoms with van der Waals surface area (Å²) >= 11 is 1.35. The third kappa shape index (κ3) is 6.15. The number of aryl methyl sites for hydroxylation is 1. The maximum Gasteiger partial charge on any atom is 0.261 e. The van der Waals surface area contributed by atoms with Crippen LogP contribution >= 0.6 is 11.3 Å². The summed E-state index contributed by atoms with van der Waals surface area (Å²) in [7, 11) is 0. The highest BCUT2D eigenvalue weighted by atomic mass is 32.1. The van der Waals surface area contributed by atoms with Crippen LogP contribution in [0.25, 0.3) is 0 Å². The Morgan fingerprint density at radius 1 is 1.10 bits per heavy atom. The average molecular weight is 414 g/mol. The summed E-state index contributed by atoms with van der Waals surface area (Å²) in [4.78, 5) is 39.3. The standard InChI is InChI=1S/C22H27N3O3S/c1-16(23-21(27)19-8-5-15-29-19)22(28)25-13-11-18(12-14-25)24-20(26)10-9-17-6-3-2-4-7-17/h2-8,15-16,18H,9-14H2,1H3,(H,23,27)(H,24,26)/t16-/m0/s1. The van der Waals surface area contributed by atoms with Gasteiger partial charge in [-0.2, -0.15) is 0 Å². The van der Waals surface area contributed by atoms with E-state index in [1.807, 2.05) is 41.8 Å². The molecule has 1 saturated heterocycles. The van der Waals surface area contributed by atoms with Crippen molar-refractivity contribution >= 4 is 29.1 Å². The van der Waals surface area contributed by atoms with E-state index in [0.717, 1.165) is 24.8 Å². The van der Waals surface area contributed by atoms with Crippen molar-refractivity contribution in [2.75, 3.05) is 13.1 Å². The highest BCUT2D eigenvalue weighted by Crippen LogP contribution is 2.13. The summed E-state index contributed by atoms with van der Waals surface area (Å²) in [5, 5.41) is 7.68. The Hall–Kier alpha value is -2.67. The van der Waals surface area contributed by atoms with E-state index in [-0.39, 0.29) is 23.8 Å². The molecule has 1 atom stereocenters. The summed E-state index contributed by atoms with van der Waals surface area (Å²) in [5.41, 5.74) is 1.15. The molecule has 0 radical (unpaired) electrons. The SMILES string of the molecule is C[C@H](NC(=O)c1cccs1)C(=O)N1CCC(NC(=O)CCc2ccccc2)CC1. The van der Waals surface area contributed by atoms with E-state index in [9.17, 15) is 14.4 Å². The topological polar surface area (TPSA) is 78.5 Å². The van der Waals surface area contributed by atoms with Gasteiger partial charge in [0.1, 0.15) is 6.04 Å². The quantitative estimate of drug-likeness (QED) is 0.732. The minimum atomic E-state index is -0.568. The average Bonchev–Trinajstić information content (AvgIpc) is 3.28. The molecule has 2 N–H and O–H groups in total. The van der Waals surface area contributed by atoms with Gasteiger partial charge in [0.2, 0.25) is 11.8 Å². The lowest BCUT2D eigenvalue weighted by Crippen LogP contribution is -2.52. The van der Waals surface area contributed by atoms with Crippen LogP contribution in [-0.2, 0) is 16.0 Å². The van der Waals surface area contributed by atoms with Crippen LogP contribution in [0.2, 0.25) is 0 Å². The summed E-state index contributed by atoms with van der Waals surface area (Å²) in [6, 6.07) is 13.0. The van der Waals surface area contributed by atoms with Crippen molar-refractivity contribution in [1.82, 2.24) is 15.5 Å². The number of thiophene rings is 1. The Balaban J connectivity index is 1.38. The third-order valence-corrected chi connectivity index (χ3v) is 5.99. The predicted octanol–water partition coefficient (Wildman–Crippen LogP) is 2.61. The molecule has 1 aromatic carbocycles. The summed E-state index contributed by atoms with van der Waals surface area (Å²) in [6.07, 6.45) is 2.66. The number of amides is 3. The number of carbonyl (C=O) groups is 3. The molecule has 0 spiro atoms. The highest BCUT2D eigenvalue weighted by molar-refractivity contribution is 7.12. The van der Waals surface area contributed by atoms with E-state index in [0.29, 0.717) is 24.4 Å². The molecule has 154 valence electrons. The molecule has 6 nitrogen and oxygen atoms in total. The fourth-order valence-corrected chi connectivity index (χ4v) is 4.08. The van der Waals surface area contributed by atoms with E-state index in [4.69, 9.17) is 0 Å². The summed E-state index contributed by atoms with van der Waals surface area (Å²) in [5.74, 6) is -0.250. The van der Waals surface area contributed by atoms with Crippen molar-refractivity contribution in [1.29, 1.82) is 0 Å². The fraction of sp³-hybridized carbons (Fsp3) is 0.409. The van der Waals surface area contributed by atoms with Crippen molar-refractivity contribution < 1.29 is 14.4 Å². The van der Waals surface area contributed by atoms with Crippen LogP contribution in [0, 0.1) is 0 Å². The van der Waals surface area contributed by atoms with Crippen molar-refractivity contribution in [2.24, 2.45) is 0 Å². The Labute approximate surface area is 175 Å². The lowest BCUT2D eigenvalue weighted by molar-refractivity contribution is -0.134. The second-order valence-corrected chi connectivity index (χ2v) is 8.27. The van der Waals surface area contributed by atoms with Gasteiger partial charge in [0.05, 0.1) is 4.88 Å². The molecule has 2 aromatic rings. The van der Waals surface area contributed by atoms with E-state index in [1.165, 1.54) is 11.3 Å². The first-order valence-corrected chi connectivity index (χ1v) is 10.9. The fourth-order valence-electron chi connectivity index (χ4n) is 3.46. The molecule has 2 heterocycles. The van der Waals surface area contributed by atoms with Gasteiger partial charge in [0.15, 0.2) is 0 Å². The zero-order valence-corrected chi connectivity index (χ0v) is 17.4. The number of hydrogen-bond acceptors (Lipinski definition) is 4. The predicted molar refractivity (Wildman–Crippen MR) is 114 cm³/mol. The van der Waals surface area contributed by atoms with Gasteiger partial charge in [-0.15, -0.1) is 11.3 Å². The first kappa shape index (κ1) is 21.0. The Morgan fingerprint density at radius 3 is 2.48 bits per heavy atom. The first-order valence-electron chi connectivity index (χ1n) is 9.99. The molecule has 0 unspecified atom stereocenters. The number of carbonyl (C=O) groups excluding carboxylic acids is 3. The number of likely N-dealkylation sites (tertiary alicyclic amines) is 1. The normalized spacial score (nSPS) is 15.6. The second kappa shape index (κ2) is 10.2. The van der Waals surface area contributed by atoms with Crippen LogP contribution in [0.5, 0.6) is 0 Å². The van der Waals surface area contributed by atoms with Gasteiger partial charge in [-0.1, -0.05) is 36.4 Å². The number of benzene rings is 1. The minimum absolute atomic E-state index is 0.0511. The van der Waals surface area contributed by atoms with E-state index < -0.39 is 6.04 Å². The number of rotatable bonds is 7. The molecule has 3 rings (SSSR count). The number of nitrogens with zero attached hydrogens (tertiary/aromatic N) is 1. The van der Waals surface area contributed by atoms with Crippen molar-refractivity contribution in [3.05, 3.63) is 58.3 Å². The monoisotopic (exact) mass is 413 g/mol. The largest absolute Gasteiger partial charge is 0.353 e. The zero-order chi connectivity index (χ0) is 20.6. The molecule has 29 heavy (non-hydrogen) atoms. The van der Waals surface area contributed by atoms with Gasteiger partial charge in [0, 0.05) is 25.6 Å². The summed E-state index contributed by atoms with van der Waals surface area (Å²) < 4.78 is 0. The molecular weight excluding hydrogens is 386 g/mol. The van der Waals surface area contributed by atoms with Crippen molar-refractivity contribution in [2.45, 2.75) is 44.7 Å². The van der Waals surface area contributed by atoms with Crippen LogP contribution in [-0.4, -0.2) is 47.8 Å². The lowest BCUT2D eigenvalue weighted by Gasteiger charge is -2.34. The number of nitrogens with one attached hydrogen (secondary N) is 2. The Morgan fingerprint density at radius 2 is 1.83 bits per heavy atom. The molecule has 1 aliphatic rings. The highest BCUT2D eigenvalue weighted by Gasteiger charge is 2.27. The van der Waals surface area contributed by atoms with Gasteiger partial charge in [-0.25, -0.2) is 0 Å². The van der Waals surface area contributed by atoms with E-state index in [2.05, 4.69) is 10.6 Å². The molecule has 1 aliphatic heterocycles. The van der Waals surface area contributed by atoms with Crippen molar-refractivity contribution in [3.63, 3.8) is 0 Å². The van der Waals surface area contributed by atoms with Gasteiger partial charge < -0.3 is 15.5 Å². The van der Waals surface area contributed by atoms with E-state index in [1.54, 1.807) is 17.9 Å². The molecule has 1 aromatic heterocycles. The summed E-state index contributed by atoms with van der Waals surface area (Å²) in [6.45, 7) is 2.88. The van der Waals surface area contributed by atoms with Gasteiger partial charge in [-0.3, -0.25) is 14.4 Å². The van der Waals surface area contributed by atoms with E-state index >= 15 is 0 Å². The smallest absolute Gasteiger partial charge is 0.261 e. The molecule has 7 heteroatoms. The first-order chi connectivity index (χ1) is 14.0. The van der Waals surface area contributed by atoms with Crippen molar-refractivity contribution in [3.8, 4) is 0 Å². The molecule has 0 aliphatic carbocycles. The molecular formula is C22H27N3O3S. The van der Waals surface area contributed by atoms with Crippen LogP contribution in [0.4, 0.5) is 0 Å². The van der Waals surface area contributed by atoms with Gasteiger partial charge in [0.25, 0.3) is 5.91 Å². The lowest BCUT2D eigenvalue weighted by atomic mass is 10.0. The minimum Gasteiger partial charge on any atom is -0.353 e. The van der Waals surface area contributed by atoms with Crippen LogP contribution < -0.4 is 10.6 Å². The van der Waals surface area contributed by atoms with Crippen LogP contribution in [0.15, 0.2) is 47.8 Å². The van der Waals surface area contributed by atoms with Gasteiger partial charge in [-0.05, 0) is 43.2 Å². The second-order valence-electron chi connectivity index (χ2n) is 7.33. The van der Waals surface area contributed by atoms with Gasteiger partial charge >= 0.3 is 0 Å². The molecule has 1 fully saturated rings. The van der Waals surface area contributed by atoms with Crippen LogP contribution in [0.1, 0.15) is 41.4 Å². The van der Waals surface area contributed by atoms with Crippen LogP contribution in [0.3, 0.4) is 0 Å². The molecule has 0 saturated carbocycles. The Bertz CT molecular complexity index is 815. The Kier molecular flexibility index (Phi) is 7.41. The maximum atomic E-state index is 12.6. The number of piperidine rings is 1. The zero-order valence-electron chi connectivity index (χ0n) is 16.6.